The molecule has 0 aliphatic rings. The Labute approximate surface area is 144 Å². The van der Waals surface area contributed by atoms with Crippen LogP contribution in [0, 0.1) is 11.6 Å². The highest BCUT2D eigenvalue weighted by Crippen LogP contribution is 2.33. The lowest BCUT2D eigenvalue weighted by atomic mass is 9.97. The maximum Gasteiger partial charge on any atom is 0.269 e. The van der Waals surface area contributed by atoms with E-state index in [0.29, 0.717) is 17.7 Å². The molecule has 0 saturated carbocycles. The molecule has 2 aromatic rings. The number of carbonyl (C=O) groups is 1. The molecule has 2 aromatic carbocycles. The van der Waals surface area contributed by atoms with Crippen molar-refractivity contribution in [3.05, 3.63) is 59.3 Å². The first-order chi connectivity index (χ1) is 11.9. The van der Waals surface area contributed by atoms with Crippen LogP contribution >= 0.6 is 0 Å². The second-order valence-electron chi connectivity index (χ2n) is 5.47. The summed E-state index contributed by atoms with van der Waals surface area (Å²) < 4.78 is 27.2. The molecule has 0 bridgehead atoms. The molecule has 25 heavy (non-hydrogen) atoms. The fourth-order valence-corrected chi connectivity index (χ4v) is 2.34. The Morgan fingerprint density at radius 3 is 2.48 bits per heavy atom. The van der Waals surface area contributed by atoms with E-state index in [2.05, 4.69) is 5.32 Å². The first kappa shape index (κ1) is 18.3. The van der Waals surface area contributed by atoms with Crippen LogP contribution in [0.2, 0.25) is 0 Å². The summed E-state index contributed by atoms with van der Waals surface area (Å²) in [5.41, 5.74) is 18.6. The Bertz CT molecular complexity index is 834. The average Bonchev–Trinajstić information content (AvgIpc) is 2.59. The largest absolute Gasteiger partial charge is 0.398 e. The van der Waals surface area contributed by atoms with E-state index in [0.717, 1.165) is 18.6 Å². The number of benzene rings is 2. The highest BCUT2D eigenvalue weighted by Gasteiger charge is 2.16. The maximum absolute atomic E-state index is 14.0. The lowest BCUT2D eigenvalue weighted by Crippen LogP contribution is -2.31. The van der Waals surface area contributed by atoms with E-state index < -0.39 is 17.5 Å². The molecule has 0 atom stereocenters. The van der Waals surface area contributed by atoms with E-state index in [1.807, 2.05) is 6.92 Å². The van der Waals surface area contributed by atoms with Crippen LogP contribution in [-0.2, 0) is 4.79 Å². The molecule has 132 valence electrons. The van der Waals surface area contributed by atoms with Crippen LogP contribution in [0.4, 0.5) is 14.5 Å². The molecule has 0 radical (unpaired) electrons. The van der Waals surface area contributed by atoms with Gasteiger partial charge in [0.2, 0.25) is 0 Å². The Morgan fingerprint density at radius 2 is 1.84 bits per heavy atom. The van der Waals surface area contributed by atoms with Gasteiger partial charge in [-0.2, -0.15) is 0 Å². The minimum absolute atomic E-state index is 0.00419. The van der Waals surface area contributed by atoms with E-state index in [1.165, 1.54) is 6.07 Å². The van der Waals surface area contributed by atoms with Crippen molar-refractivity contribution in [3.63, 3.8) is 0 Å². The summed E-state index contributed by atoms with van der Waals surface area (Å²) in [6.07, 6.45) is 0.750. The van der Waals surface area contributed by atoms with Gasteiger partial charge in [0.25, 0.3) is 5.91 Å². The van der Waals surface area contributed by atoms with E-state index in [-0.39, 0.29) is 22.6 Å². The lowest BCUT2D eigenvalue weighted by molar-refractivity contribution is -0.117. The number of nitrogens with one attached hydrogen (secondary N) is 1. The molecule has 0 aromatic heterocycles. The van der Waals surface area contributed by atoms with Gasteiger partial charge in [0.15, 0.2) is 0 Å². The number of anilines is 1. The molecule has 7 heteroatoms. The predicted molar refractivity (Wildman–Crippen MR) is 94.8 cm³/mol. The maximum atomic E-state index is 14.0. The second kappa shape index (κ2) is 7.65. The van der Waals surface area contributed by atoms with Gasteiger partial charge in [-0.15, -0.1) is 0 Å². The SMILES string of the molecule is CCCNC(=O)/C(N)=C(\N)c1cccc(-c2ccc(F)cc2F)c1N. The van der Waals surface area contributed by atoms with E-state index in [9.17, 15) is 13.6 Å². The van der Waals surface area contributed by atoms with Gasteiger partial charge in [-0.05, 0) is 18.6 Å². The molecule has 0 fully saturated rings. The molecule has 2 rings (SSSR count). The monoisotopic (exact) mass is 346 g/mol. The highest BCUT2D eigenvalue weighted by molar-refractivity contribution is 6.01. The molecule has 0 heterocycles. The number of carbonyl (C=O) groups excluding carboxylic acids is 1. The minimum atomic E-state index is -0.750. The number of amides is 1. The molecule has 5 nitrogen and oxygen atoms in total. The zero-order valence-corrected chi connectivity index (χ0v) is 13.8. The number of nitrogen functional groups attached to an aromatic ring is 1. The van der Waals surface area contributed by atoms with Crippen molar-refractivity contribution in [2.75, 3.05) is 12.3 Å². The number of hydrogen-bond donors (Lipinski definition) is 4. The van der Waals surface area contributed by atoms with Crippen molar-refractivity contribution < 1.29 is 13.6 Å². The topological polar surface area (TPSA) is 107 Å². The number of nitrogens with two attached hydrogens (primary N) is 3. The summed E-state index contributed by atoms with van der Waals surface area (Å²) in [4.78, 5) is 12.0. The number of hydrogen-bond acceptors (Lipinski definition) is 4. The van der Waals surface area contributed by atoms with Crippen LogP contribution in [0.25, 0.3) is 16.8 Å². The number of rotatable bonds is 5. The zero-order chi connectivity index (χ0) is 18.6. The van der Waals surface area contributed by atoms with Crippen LogP contribution in [0.15, 0.2) is 42.1 Å². The Hall–Kier alpha value is -3.09. The number of para-hydroxylation sites is 1. The third kappa shape index (κ3) is 3.88. The van der Waals surface area contributed by atoms with Crippen LogP contribution in [-0.4, -0.2) is 12.5 Å². The fraction of sp³-hybridized carbons (Fsp3) is 0.167. The fourth-order valence-electron chi connectivity index (χ4n) is 2.34. The van der Waals surface area contributed by atoms with Crippen LogP contribution in [0.5, 0.6) is 0 Å². The Balaban J connectivity index is 2.49. The Morgan fingerprint density at radius 1 is 1.12 bits per heavy atom. The van der Waals surface area contributed by atoms with Gasteiger partial charge in [0.05, 0.1) is 5.70 Å². The summed E-state index contributed by atoms with van der Waals surface area (Å²) in [5, 5.41) is 2.62. The first-order valence-electron chi connectivity index (χ1n) is 7.74. The molecular weight excluding hydrogens is 326 g/mol. The average molecular weight is 346 g/mol. The molecule has 0 unspecified atom stereocenters. The second-order valence-corrected chi connectivity index (χ2v) is 5.47. The van der Waals surface area contributed by atoms with E-state index in [1.54, 1.807) is 18.2 Å². The number of halogens is 2. The van der Waals surface area contributed by atoms with Crippen molar-refractivity contribution in [3.8, 4) is 11.1 Å². The third-order valence-corrected chi connectivity index (χ3v) is 3.69. The van der Waals surface area contributed by atoms with Crippen LogP contribution in [0.3, 0.4) is 0 Å². The predicted octanol–water partition coefficient (Wildman–Crippen LogP) is 2.33. The first-order valence-corrected chi connectivity index (χ1v) is 7.74. The summed E-state index contributed by atoms with van der Waals surface area (Å²) in [5.74, 6) is -1.94. The Kier molecular flexibility index (Phi) is 5.59. The molecule has 1 amide bonds. The van der Waals surface area contributed by atoms with Crippen molar-refractivity contribution >= 4 is 17.3 Å². The van der Waals surface area contributed by atoms with Crippen molar-refractivity contribution in [2.45, 2.75) is 13.3 Å². The molecule has 0 spiro atoms. The highest BCUT2D eigenvalue weighted by atomic mass is 19.1. The molecule has 0 saturated heterocycles. The van der Waals surface area contributed by atoms with Gasteiger partial charge in [-0.1, -0.05) is 25.1 Å². The van der Waals surface area contributed by atoms with Gasteiger partial charge >= 0.3 is 0 Å². The molecule has 0 aliphatic carbocycles. The summed E-state index contributed by atoms with van der Waals surface area (Å²) in [7, 11) is 0. The van der Waals surface area contributed by atoms with Crippen molar-refractivity contribution in [1.29, 1.82) is 0 Å². The summed E-state index contributed by atoms with van der Waals surface area (Å²) in [6, 6.07) is 7.96. The summed E-state index contributed by atoms with van der Waals surface area (Å²) >= 11 is 0. The minimum Gasteiger partial charge on any atom is -0.398 e. The summed E-state index contributed by atoms with van der Waals surface area (Å²) in [6.45, 7) is 2.37. The lowest BCUT2D eigenvalue weighted by Gasteiger charge is -2.14. The van der Waals surface area contributed by atoms with Crippen LogP contribution in [0.1, 0.15) is 18.9 Å². The van der Waals surface area contributed by atoms with E-state index in [4.69, 9.17) is 17.2 Å². The van der Waals surface area contributed by atoms with Crippen molar-refractivity contribution in [1.82, 2.24) is 5.32 Å². The third-order valence-electron chi connectivity index (χ3n) is 3.69. The van der Waals surface area contributed by atoms with Gasteiger partial charge < -0.3 is 22.5 Å². The van der Waals surface area contributed by atoms with Gasteiger partial charge in [-0.3, -0.25) is 4.79 Å². The zero-order valence-electron chi connectivity index (χ0n) is 13.8. The van der Waals surface area contributed by atoms with E-state index >= 15 is 0 Å². The molecule has 7 N–H and O–H groups in total. The quantitative estimate of drug-likeness (QED) is 0.492. The van der Waals surface area contributed by atoms with Gasteiger partial charge in [0, 0.05) is 35.0 Å². The van der Waals surface area contributed by atoms with Crippen molar-refractivity contribution in [2.24, 2.45) is 11.5 Å². The van der Waals surface area contributed by atoms with Gasteiger partial charge in [0.1, 0.15) is 17.3 Å². The standard InChI is InChI=1S/C18H20F2N4O/c1-2-8-24-18(25)17(23)16(22)13-5-3-4-12(15(13)21)11-7-6-10(19)9-14(11)20/h3-7,9H,2,8,21-23H2,1H3,(H,24,25)/b17-16+. The van der Waals surface area contributed by atoms with Gasteiger partial charge in [-0.25, -0.2) is 8.78 Å². The normalized spacial score (nSPS) is 11.8. The smallest absolute Gasteiger partial charge is 0.269 e. The molecule has 0 aliphatic heterocycles. The van der Waals surface area contributed by atoms with Crippen LogP contribution < -0.4 is 22.5 Å². The molecular formula is C18H20F2N4O.